The number of benzene rings is 2. The number of hydrogen-bond acceptors (Lipinski definition) is 2. The van der Waals surface area contributed by atoms with Crippen LogP contribution in [0.25, 0.3) is 10.8 Å². The van der Waals surface area contributed by atoms with E-state index in [0.29, 0.717) is 11.7 Å². The summed E-state index contributed by atoms with van der Waals surface area (Å²) in [7, 11) is 0. The van der Waals surface area contributed by atoms with Crippen molar-refractivity contribution in [1.82, 2.24) is 0 Å². The zero-order valence-electron chi connectivity index (χ0n) is 15.8. The fourth-order valence-electron chi connectivity index (χ4n) is 4.19. The molecule has 0 aliphatic heterocycles. The van der Waals surface area contributed by atoms with Crippen LogP contribution in [0.15, 0.2) is 36.4 Å². The molecule has 0 bridgehead atoms. The molecule has 1 saturated carbocycles. The fraction of sp³-hybridized carbons (Fsp3) is 0.522. The highest BCUT2D eigenvalue weighted by Crippen LogP contribution is 2.39. The maximum atomic E-state index is 11.1. The predicted octanol–water partition coefficient (Wildman–Crippen LogP) is 6.48. The van der Waals surface area contributed by atoms with Gasteiger partial charge in [0.15, 0.2) is 0 Å². The number of fused-ring (bicyclic) bond motifs is 1. The number of carbonyl (C=O) groups excluding carboxylic acids is 1. The zero-order valence-corrected chi connectivity index (χ0v) is 15.8. The van der Waals surface area contributed by atoms with Gasteiger partial charge >= 0.3 is 5.97 Å². The smallest absolute Gasteiger partial charge is 0.308 e. The lowest BCUT2D eigenvalue weighted by molar-refractivity contribution is -0.131. The summed E-state index contributed by atoms with van der Waals surface area (Å²) in [4.78, 5) is 11.1. The van der Waals surface area contributed by atoms with Crippen molar-refractivity contribution in [2.45, 2.75) is 65.2 Å². The molecular formula is C23H30O2. The summed E-state index contributed by atoms with van der Waals surface area (Å²) < 4.78 is 5.18. The number of hydrogen-bond donors (Lipinski definition) is 0. The molecule has 1 unspecified atom stereocenters. The van der Waals surface area contributed by atoms with Crippen molar-refractivity contribution in [2.24, 2.45) is 11.8 Å². The molecule has 1 fully saturated rings. The SMILES string of the molecule is CCC(C)CC1CCC(c2ccc3cc(OC(C)=O)ccc3c2)CC1. The van der Waals surface area contributed by atoms with Gasteiger partial charge in [0.05, 0.1) is 0 Å². The second-order valence-electron chi connectivity index (χ2n) is 7.83. The molecule has 0 amide bonds. The molecule has 0 heterocycles. The number of carbonyl (C=O) groups is 1. The molecule has 0 spiro atoms. The van der Waals surface area contributed by atoms with E-state index in [1.165, 1.54) is 56.4 Å². The van der Waals surface area contributed by atoms with Gasteiger partial charge in [0, 0.05) is 6.92 Å². The topological polar surface area (TPSA) is 26.3 Å². The van der Waals surface area contributed by atoms with Crippen molar-refractivity contribution >= 4 is 16.7 Å². The third-order valence-corrected chi connectivity index (χ3v) is 5.85. The minimum Gasteiger partial charge on any atom is -0.427 e. The number of rotatable bonds is 5. The first-order chi connectivity index (χ1) is 12.0. The summed E-state index contributed by atoms with van der Waals surface area (Å²) in [5.74, 6) is 2.85. The van der Waals surface area contributed by atoms with E-state index in [9.17, 15) is 4.79 Å². The van der Waals surface area contributed by atoms with E-state index in [4.69, 9.17) is 4.74 Å². The zero-order chi connectivity index (χ0) is 17.8. The minimum atomic E-state index is -0.273. The van der Waals surface area contributed by atoms with Gasteiger partial charge < -0.3 is 4.74 Å². The Morgan fingerprint density at radius 2 is 1.76 bits per heavy atom. The van der Waals surface area contributed by atoms with E-state index >= 15 is 0 Å². The lowest BCUT2D eigenvalue weighted by Gasteiger charge is -2.30. The molecule has 1 aliphatic carbocycles. The van der Waals surface area contributed by atoms with Gasteiger partial charge in [0.1, 0.15) is 5.75 Å². The standard InChI is InChI=1S/C23H30O2/c1-4-16(2)13-18-5-7-19(8-6-18)20-9-10-22-15-23(25-17(3)24)12-11-21(22)14-20/h9-12,14-16,18-19H,4-8,13H2,1-3H3. The first-order valence-corrected chi connectivity index (χ1v) is 9.77. The van der Waals surface area contributed by atoms with E-state index in [1.807, 2.05) is 12.1 Å². The van der Waals surface area contributed by atoms with E-state index in [-0.39, 0.29) is 5.97 Å². The summed E-state index contributed by atoms with van der Waals surface area (Å²) in [6, 6.07) is 12.7. The van der Waals surface area contributed by atoms with Crippen LogP contribution in [0, 0.1) is 11.8 Å². The Hall–Kier alpha value is -1.83. The summed E-state index contributed by atoms with van der Waals surface area (Å²) >= 11 is 0. The second-order valence-corrected chi connectivity index (χ2v) is 7.83. The Morgan fingerprint density at radius 1 is 1.08 bits per heavy atom. The summed E-state index contributed by atoms with van der Waals surface area (Å²) in [6.07, 6.45) is 8.09. The first kappa shape index (κ1) is 18.0. The van der Waals surface area contributed by atoms with Crippen molar-refractivity contribution in [3.8, 4) is 5.75 Å². The Balaban J connectivity index is 1.67. The van der Waals surface area contributed by atoms with Gasteiger partial charge in [-0.3, -0.25) is 4.79 Å². The van der Waals surface area contributed by atoms with Crippen LogP contribution in [0.4, 0.5) is 0 Å². The van der Waals surface area contributed by atoms with Crippen LogP contribution >= 0.6 is 0 Å². The molecule has 0 N–H and O–H groups in total. The van der Waals surface area contributed by atoms with Crippen LogP contribution in [0.3, 0.4) is 0 Å². The van der Waals surface area contributed by atoms with Crippen molar-refractivity contribution < 1.29 is 9.53 Å². The van der Waals surface area contributed by atoms with Gasteiger partial charge in [-0.15, -0.1) is 0 Å². The third-order valence-electron chi connectivity index (χ3n) is 5.85. The van der Waals surface area contributed by atoms with E-state index < -0.39 is 0 Å². The maximum Gasteiger partial charge on any atom is 0.308 e. The maximum absolute atomic E-state index is 11.1. The highest BCUT2D eigenvalue weighted by molar-refractivity contribution is 5.85. The summed E-state index contributed by atoms with van der Waals surface area (Å²) in [5, 5.41) is 2.36. The molecule has 2 aromatic rings. The molecule has 1 aliphatic rings. The Labute approximate surface area is 151 Å². The molecule has 2 aromatic carbocycles. The molecule has 0 radical (unpaired) electrons. The van der Waals surface area contributed by atoms with Crippen LogP contribution in [0.2, 0.25) is 0 Å². The predicted molar refractivity (Wildman–Crippen MR) is 104 cm³/mol. The van der Waals surface area contributed by atoms with Gasteiger partial charge in [-0.25, -0.2) is 0 Å². The van der Waals surface area contributed by atoms with Gasteiger partial charge in [-0.1, -0.05) is 44.5 Å². The monoisotopic (exact) mass is 338 g/mol. The Bertz CT molecular complexity index is 726. The molecular weight excluding hydrogens is 308 g/mol. The molecule has 0 saturated heterocycles. The average Bonchev–Trinajstić information content (AvgIpc) is 2.61. The second kappa shape index (κ2) is 8.03. The fourth-order valence-corrected chi connectivity index (χ4v) is 4.19. The molecule has 0 aromatic heterocycles. The molecule has 1 atom stereocenters. The number of ether oxygens (including phenoxy) is 1. The van der Waals surface area contributed by atoms with E-state index in [0.717, 1.165) is 17.2 Å². The van der Waals surface area contributed by atoms with Gasteiger partial charge in [0.2, 0.25) is 0 Å². The Kier molecular flexibility index (Phi) is 5.78. The van der Waals surface area contributed by atoms with Crippen LogP contribution in [-0.2, 0) is 4.79 Å². The van der Waals surface area contributed by atoms with E-state index in [2.05, 4.69) is 38.1 Å². The molecule has 2 nitrogen and oxygen atoms in total. The van der Waals surface area contributed by atoms with Crippen molar-refractivity contribution in [3.63, 3.8) is 0 Å². The van der Waals surface area contributed by atoms with Crippen LogP contribution in [0.5, 0.6) is 5.75 Å². The van der Waals surface area contributed by atoms with Gasteiger partial charge in [-0.05, 0) is 78.3 Å². The summed E-state index contributed by atoms with van der Waals surface area (Å²) in [6.45, 7) is 6.13. The van der Waals surface area contributed by atoms with Crippen molar-refractivity contribution in [2.75, 3.05) is 0 Å². The minimum absolute atomic E-state index is 0.273. The van der Waals surface area contributed by atoms with Crippen LogP contribution in [-0.4, -0.2) is 5.97 Å². The van der Waals surface area contributed by atoms with Gasteiger partial charge in [-0.2, -0.15) is 0 Å². The highest BCUT2D eigenvalue weighted by atomic mass is 16.5. The molecule has 3 rings (SSSR count). The normalized spacial score (nSPS) is 21.9. The lowest BCUT2D eigenvalue weighted by atomic mass is 9.75. The third kappa shape index (κ3) is 4.62. The molecule has 134 valence electrons. The van der Waals surface area contributed by atoms with E-state index in [1.54, 1.807) is 0 Å². The van der Waals surface area contributed by atoms with Crippen molar-refractivity contribution in [1.29, 1.82) is 0 Å². The highest BCUT2D eigenvalue weighted by Gasteiger charge is 2.23. The Morgan fingerprint density at radius 3 is 2.44 bits per heavy atom. The lowest BCUT2D eigenvalue weighted by Crippen LogP contribution is -2.15. The number of esters is 1. The van der Waals surface area contributed by atoms with Gasteiger partial charge in [0.25, 0.3) is 0 Å². The van der Waals surface area contributed by atoms with Crippen LogP contribution in [0.1, 0.15) is 70.8 Å². The molecule has 25 heavy (non-hydrogen) atoms. The summed E-state index contributed by atoms with van der Waals surface area (Å²) in [5.41, 5.74) is 1.47. The van der Waals surface area contributed by atoms with Crippen LogP contribution < -0.4 is 4.74 Å². The average molecular weight is 338 g/mol. The largest absolute Gasteiger partial charge is 0.427 e. The molecule has 2 heteroatoms. The van der Waals surface area contributed by atoms with Crippen molar-refractivity contribution in [3.05, 3.63) is 42.0 Å². The first-order valence-electron chi connectivity index (χ1n) is 9.77. The quantitative estimate of drug-likeness (QED) is 0.461.